The maximum atomic E-state index is 12.8. The number of hydrogen-bond acceptors (Lipinski definition) is 7. The summed E-state index contributed by atoms with van der Waals surface area (Å²) in [7, 11) is -4.26. The van der Waals surface area contributed by atoms with Crippen LogP contribution in [0.4, 0.5) is 19.0 Å². The van der Waals surface area contributed by atoms with Crippen LogP contribution in [0.2, 0.25) is 5.02 Å². The SMILES string of the molecule is O=S(=O)(Nc1ncnc(OCCO)c1-c1ccc(Cl)cc1)c1ccc(OC(F)(F)F)cc1. The van der Waals surface area contributed by atoms with Crippen molar-refractivity contribution in [1.82, 2.24) is 9.97 Å². The molecule has 3 aromatic rings. The van der Waals surface area contributed by atoms with Crippen molar-refractivity contribution in [2.45, 2.75) is 11.3 Å². The topological polar surface area (TPSA) is 111 Å². The van der Waals surface area contributed by atoms with Crippen LogP contribution in [0, 0.1) is 0 Å². The van der Waals surface area contributed by atoms with Gasteiger partial charge in [-0.15, -0.1) is 13.2 Å². The minimum atomic E-state index is -4.90. The third-order valence-electron chi connectivity index (χ3n) is 3.87. The van der Waals surface area contributed by atoms with Gasteiger partial charge < -0.3 is 14.6 Å². The molecule has 0 aliphatic heterocycles. The zero-order valence-corrected chi connectivity index (χ0v) is 17.6. The summed E-state index contributed by atoms with van der Waals surface area (Å²) in [5, 5.41) is 9.48. The summed E-state index contributed by atoms with van der Waals surface area (Å²) in [5.74, 6) is -0.714. The summed E-state index contributed by atoms with van der Waals surface area (Å²) in [6.07, 6.45) is -3.84. The zero-order valence-electron chi connectivity index (χ0n) is 16.0. The summed E-state index contributed by atoms with van der Waals surface area (Å²) in [6.45, 7) is -0.415. The second-order valence-corrected chi connectivity index (χ2v) is 8.22. The van der Waals surface area contributed by atoms with Gasteiger partial charge in [-0.2, -0.15) is 0 Å². The van der Waals surface area contributed by atoms with Crippen LogP contribution in [-0.4, -0.2) is 43.1 Å². The number of rotatable bonds is 8. The van der Waals surface area contributed by atoms with Crippen molar-refractivity contribution in [2.75, 3.05) is 17.9 Å². The lowest BCUT2D eigenvalue weighted by Crippen LogP contribution is -2.18. The Kier molecular flexibility index (Phi) is 7.06. The molecule has 8 nitrogen and oxygen atoms in total. The Labute approximate surface area is 185 Å². The monoisotopic (exact) mass is 489 g/mol. The molecule has 2 aromatic carbocycles. The maximum Gasteiger partial charge on any atom is 0.573 e. The van der Waals surface area contributed by atoms with Gasteiger partial charge in [0.15, 0.2) is 5.82 Å². The van der Waals surface area contributed by atoms with Crippen molar-refractivity contribution < 1.29 is 36.2 Å². The zero-order chi connectivity index (χ0) is 23.4. The molecule has 0 amide bonds. The molecular formula is C19H15ClF3N3O5S. The quantitative estimate of drug-likeness (QED) is 0.494. The third kappa shape index (κ3) is 5.99. The second kappa shape index (κ2) is 9.59. The highest BCUT2D eigenvalue weighted by atomic mass is 35.5. The molecule has 0 spiro atoms. The first-order chi connectivity index (χ1) is 15.1. The van der Waals surface area contributed by atoms with Crippen LogP contribution < -0.4 is 14.2 Å². The van der Waals surface area contributed by atoms with E-state index in [4.69, 9.17) is 21.4 Å². The lowest BCUT2D eigenvalue weighted by molar-refractivity contribution is -0.274. The van der Waals surface area contributed by atoms with Crippen molar-refractivity contribution in [1.29, 1.82) is 0 Å². The third-order valence-corrected chi connectivity index (χ3v) is 5.48. The Morgan fingerprint density at radius 1 is 1.03 bits per heavy atom. The van der Waals surface area contributed by atoms with Gasteiger partial charge in [-0.25, -0.2) is 18.4 Å². The van der Waals surface area contributed by atoms with Crippen LogP contribution in [0.15, 0.2) is 59.8 Å². The fraction of sp³-hybridized carbons (Fsp3) is 0.158. The molecule has 170 valence electrons. The number of benzene rings is 2. The summed E-state index contributed by atoms with van der Waals surface area (Å²) >= 11 is 5.91. The molecule has 0 atom stereocenters. The van der Waals surface area contributed by atoms with Gasteiger partial charge in [-0.1, -0.05) is 23.7 Å². The van der Waals surface area contributed by atoms with E-state index in [9.17, 15) is 21.6 Å². The second-order valence-electron chi connectivity index (χ2n) is 6.11. The van der Waals surface area contributed by atoms with Crippen molar-refractivity contribution in [3.8, 4) is 22.8 Å². The molecule has 0 fully saturated rings. The average Bonchev–Trinajstić information content (AvgIpc) is 2.72. The van der Waals surface area contributed by atoms with E-state index in [-0.39, 0.29) is 35.4 Å². The molecule has 0 saturated heterocycles. The van der Waals surface area contributed by atoms with E-state index >= 15 is 0 Å². The Balaban J connectivity index is 1.97. The molecule has 1 heterocycles. The first-order valence-electron chi connectivity index (χ1n) is 8.82. The normalized spacial score (nSPS) is 11.8. The van der Waals surface area contributed by atoms with Gasteiger partial charge >= 0.3 is 6.36 Å². The largest absolute Gasteiger partial charge is 0.573 e. The van der Waals surface area contributed by atoms with Gasteiger partial charge in [0.25, 0.3) is 10.0 Å². The number of halogens is 4. The summed E-state index contributed by atoms with van der Waals surface area (Å²) in [5.41, 5.74) is 0.646. The fourth-order valence-corrected chi connectivity index (χ4v) is 3.73. The summed E-state index contributed by atoms with van der Waals surface area (Å²) in [6, 6.07) is 9.97. The van der Waals surface area contributed by atoms with Gasteiger partial charge in [-0.05, 0) is 42.0 Å². The van der Waals surface area contributed by atoms with Crippen molar-refractivity contribution in [2.24, 2.45) is 0 Å². The first kappa shape index (κ1) is 23.6. The summed E-state index contributed by atoms with van der Waals surface area (Å²) < 4.78 is 74.0. The smallest absolute Gasteiger partial charge is 0.475 e. The van der Waals surface area contributed by atoms with Crippen LogP contribution in [0.5, 0.6) is 11.6 Å². The molecule has 0 aliphatic carbocycles. The predicted molar refractivity (Wildman–Crippen MR) is 109 cm³/mol. The molecule has 0 unspecified atom stereocenters. The molecular weight excluding hydrogens is 475 g/mol. The highest BCUT2D eigenvalue weighted by Crippen LogP contribution is 2.35. The minimum Gasteiger partial charge on any atom is -0.475 e. The molecule has 0 bridgehead atoms. The Hall–Kier alpha value is -3.09. The van der Waals surface area contributed by atoms with E-state index in [1.54, 1.807) is 24.3 Å². The number of aliphatic hydroxyl groups is 1. The molecule has 2 N–H and O–H groups in total. The standard InChI is InChI=1S/C19H15ClF3N3O5S/c20-13-3-1-12(2-4-13)16-17(24-11-25-18(16)30-10-9-27)26-32(28,29)15-7-5-14(6-8-15)31-19(21,22)23/h1-8,11,27H,9-10H2,(H,24,25,26). The van der Waals surface area contributed by atoms with Crippen LogP contribution in [0.25, 0.3) is 11.1 Å². The summed E-state index contributed by atoms with van der Waals surface area (Å²) in [4.78, 5) is 7.63. The van der Waals surface area contributed by atoms with Gasteiger partial charge in [0.2, 0.25) is 5.88 Å². The highest BCUT2D eigenvalue weighted by Gasteiger charge is 2.31. The highest BCUT2D eigenvalue weighted by molar-refractivity contribution is 7.92. The number of aliphatic hydroxyl groups excluding tert-OH is 1. The number of aromatic nitrogens is 2. The van der Waals surface area contributed by atoms with E-state index in [0.717, 1.165) is 30.6 Å². The first-order valence-corrected chi connectivity index (χ1v) is 10.7. The number of nitrogens with one attached hydrogen (secondary N) is 1. The molecule has 13 heteroatoms. The molecule has 1 aromatic heterocycles. The van der Waals surface area contributed by atoms with E-state index in [0.29, 0.717) is 10.6 Å². The van der Waals surface area contributed by atoms with E-state index in [1.807, 2.05) is 0 Å². The maximum absolute atomic E-state index is 12.8. The van der Waals surface area contributed by atoms with E-state index in [2.05, 4.69) is 19.4 Å². The van der Waals surface area contributed by atoms with Crippen molar-refractivity contribution in [3.05, 3.63) is 59.9 Å². The van der Waals surface area contributed by atoms with Gasteiger partial charge in [-0.3, -0.25) is 4.72 Å². The lowest BCUT2D eigenvalue weighted by Gasteiger charge is -2.15. The average molecular weight is 490 g/mol. The van der Waals surface area contributed by atoms with E-state index < -0.39 is 22.1 Å². The Morgan fingerprint density at radius 2 is 1.69 bits per heavy atom. The van der Waals surface area contributed by atoms with Gasteiger partial charge in [0.1, 0.15) is 18.7 Å². The molecule has 3 rings (SSSR count). The van der Waals surface area contributed by atoms with Crippen LogP contribution in [-0.2, 0) is 10.0 Å². The van der Waals surface area contributed by atoms with Crippen LogP contribution in [0.1, 0.15) is 0 Å². The Bertz CT molecular complexity index is 1170. The fourth-order valence-electron chi connectivity index (χ4n) is 2.58. The van der Waals surface area contributed by atoms with E-state index in [1.165, 1.54) is 0 Å². The van der Waals surface area contributed by atoms with Crippen LogP contribution >= 0.6 is 11.6 Å². The van der Waals surface area contributed by atoms with Crippen LogP contribution in [0.3, 0.4) is 0 Å². The number of sulfonamides is 1. The lowest BCUT2D eigenvalue weighted by atomic mass is 10.1. The predicted octanol–water partition coefficient (Wildman–Crippen LogP) is 3.87. The number of alkyl halides is 3. The number of hydrogen-bond donors (Lipinski definition) is 2. The van der Waals surface area contributed by atoms with Gasteiger partial charge in [0.05, 0.1) is 17.1 Å². The van der Waals surface area contributed by atoms with Crippen molar-refractivity contribution in [3.63, 3.8) is 0 Å². The number of ether oxygens (including phenoxy) is 2. The number of anilines is 1. The molecule has 0 saturated carbocycles. The van der Waals surface area contributed by atoms with Gasteiger partial charge in [0, 0.05) is 5.02 Å². The molecule has 32 heavy (non-hydrogen) atoms. The molecule has 0 radical (unpaired) electrons. The van der Waals surface area contributed by atoms with Crippen molar-refractivity contribution >= 4 is 27.4 Å². The number of nitrogens with zero attached hydrogens (tertiary/aromatic N) is 2. The molecule has 0 aliphatic rings. The Morgan fingerprint density at radius 3 is 2.28 bits per heavy atom. The minimum absolute atomic E-state index is 0.00278.